The Morgan fingerprint density at radius 3 is 2.36 bits per heavy atom. The summed E-state index contributed by atoms with van der Waals surface area (Å²) in [5, 5.41) is 13.2. The number of hydrogen-bond donors (Lipinski definition) is 1. The third kappa shape index (κ3) is 4.86. The number of carbonyl (C=O) groups is 1. The number of nitrogens with zero attached hydrogens (tertiary/aromatic N) is 1. The number of carbonyl (C=O) groups excluding carboxylic acids is 1. The molecule has 6 heteroatoms. The molecule has 2 aromatic carbocycles. The summed E-state index contributed by atoms with van der Waals surface area (Å²) < 4.78 is 13.8. The molecular formula is C19H21FN2O3. The van der Waals surface area contributed by atoms with Crippen LogP contribution in [0.25, 0.3) is 0 Å². The molecule has 0 heterocycles. The number of anilines is 1. The zero-order valence-electron chi connectivity index (χ0n) is 14.5. The van der Waals surface area contributed by atoms with Crippen molar-refractivity contribution in [2.24, 2.45) is 5.92 Å². The number of halogens is 1. The van der Waals surface area contributed by atoms with Crippen molar-refractivity contribution in [2.45, 2.75) is 33.1 Å². The fraction of sp³-hybridized carbons (Fsp3) is 0.316. The van der Waals surface area contributed by atoms with Crippen LogP contribution in [0.5, 0.6) is 0 Å². The van der Waals surface area contributed by atoms with E-state index in [1.54, 1.807) is 6.92 Å². The summed E-state index contributed by atoms with van der Waals surface area (Å²) in [6, 6.07) is 10.8. The molecule has 2 rings (SSSR count). The van der Waals surface area contributed by atoms with Crippen LogP contribution in [0.15, 0.2) is 42.5 Å². The van der Waals surface area contributed by atoms with Crippen molar-refractivity contribution in [1.29, 1.82) is 0 Å². The van der Waals surface area contributed by atoms with Crippen molar-refractivity contribution in [3.63, 3.8) is 0 Å². The molecule has 0 aliphatic heterocycles. The van der Waals surface area contributed by atoms with E-state index >= 15 is 0 Å². The summed E-state index contributed by atoms with van der Waals surface area (Å²) in [5.41, 5.74) is 1.52. The lowest BCUT2D eigenvalue weighted by Gasteiger charge is -2.14. The maximum Gasteiger partial charge on any atom is 0.271 e. The molecule has 0 radical (unpaired) electrons. The van der Waals surface area contributed by atoms with Crippen LogP contribution < -0.4 is 5.32 Å². The quantitative estimate of drug-likeness (QED) is 0.611. The Morgan fingerprint density at radius 1 is 1.16 bits per heavy atom. The van der Waals surface area contributed by atoms with Gasteiger partial charge in [0.15, 0.2) is 0 Å². The van der Waals surface area contributed by atoms with Gasteiger partial charge in [0.2, 0.25) is 5.91 Å². The predicted octanol–water partition coefficient (Wildman–Crippen LogP) is 4.67. The number of non-ortho nitro benzene ring substituents is 1. The Labute approximate surface area is 146 Å². The highest BCUT2D eigenvalue weighted by Gasteiger charge is 2.18. The van der Waals surface area contributed by atoms with Gasteiger partial charge in [-0.15, -0.1) is 0 Å². The van der Waals surface area contributed by atoms with Gasteiger partial charge in [0, 0.05) is 12.1 Å². The number of nitro groups is 1. The van der Waals surface area contributed by atoms with Crippen LogP contribution in [0, 0.1) is 21.8 Å². The third-order valence-corrected chi connectivity index (χ3v) is 3.94. The molecule has 0 spiro atoms. The van der Waals surface area contributed by atoms with Crippen LogP contribution in [-0.4, -0.2) is 10.8 Å². The second kappa shape index (κ2) is 7.88. The molecule has 2 aromatic rings. The largest absolute Gasteiger partial charge is 0.323 e. The summed E-state index contributed by atoms with van der Waals surface area (Å²) in [5.74, 6) is -1.09. The molecule has 25 heavy (non-hydrogen) atoms. The zero-order chi connectivity index (χ0) is 18.6. The maximum absolute atomic E-state index is 13.8. The highest BCUT2D eigenvalue weighted by Crippen LogP contribution is 2.24. The number of amides is 1. The van der Waals surface area contributed by atoms with E-state index in [0.717, 1.165) is 30.2 Å². The molecule has 0 saturated heterocycles. The minimum Gasteiger partial charge on any atom is -0.323 e. The van der Waals surface area contributed by atoms with E-state index in [1.165, 1.54) is 5.56 Å². The number of nitrogens with one attached hydrogen (secondary N) is 1. The Morgan fingerprint density at radius 2 is 1.80 bits per heavy atom. The van der Waals surface area contributed by atoms with Gasteiger partial charge in [-0.25, -0.2) is 4.39 Å². The lowest BCUT2D eigenvalue weighted by atomic mass is 9.96. The highest BCUT2D eigenvalue weighted by atomic mass is 19.1. The van der Waals surface area contributed by atoms with E-state index in [0.29, 0.717) is 5.92 Å². The van der Waals surface area contributed by atoms with Gasteiger partial charge in [-0.1, -0.05) is 38.1 Å². The first kappa shape index (κ1) is 18.6. The van der Waals surface area contributed by atoms with Crippen molar-refractivity contribution >= 4 is 17.3 Å². The second-order valence-corrected chi connectivity index (χ2v) is 6.47. The fourth-order valence-electron chi connectivity index (χ4n) is 2.53. The summed E-state index contributed by atoms with van der Waals surface area (Å²) in [4.78, 5) is 22.5. The minimum atomic E-state index is -0.710. The summed E-state index contributed by atoms with van der Waals surface area (Å²) in [6.07, 6.45) is 0.958. The van der Waals surface area contributed by atoms with Crippen molar-refractivity contribution in [2.75, 3.05) is 5.32 Å². The Kier molecular flexibility index (Phi) is 5.85. The van der Waals surface area contributed by atoms with E-state index in [4.69, 9.17) is 0 Å². The molecule has 0 aliphatic rings. The number of hydrogen-bond acceptors (Lipinski definition) is 3. The summed E-state index contributed by atoms with van der Waals surface area (Å²) >= 11 is 0. The number of benzene rings is 2. The topological polar surface area (TPSA) is 72.2 Å². The van der Waals surface area contributed by atoms with E-state index < -0.39 is 22.6 Å². The van der Waals surface area contributed by atoms with Gasteiger partial charge in [0.25, 0.3) is 5.69 Å². The molecule has 1 atom stereocenters. The monoisotopic (exact) mass is 344 g/mol. The Hall–Kier alpha value is -2.76. The van der Waals surface area contributed by atoms with Gasteiger partial charge in [-0.05, 0) is 36.5 Å². The van der Waals surface area contributed by atoms with Gasteiger partial charge in [-0.2, -0.15) is 0 Å². The molecule has 0 fully saturated rings. The molecule has 0 aliphatic carbocycles. The van der Waals surface area contributed by atoms with Gasteiger partial charge in [0.1, 0.15) is 5.82 Å². The van der Waals surface area contributed by atoms with E-state index in [-0.39, 0.29) is 11.4 Å². The molecule has 1 N–H and O–H groups in total. The molecule has 132 valence electrons. The van der Waals surface area contributed by atoms with Crippen molar-refractivity contribution < 1.29 is 14.1 Å². The molecule has 0 saturated carbocycles. The first-order valence-electron chi connectivity index (χ1n) is 8.11. The summed E-state index contributed by atoms with van der Waals surface area (Å²) in [7, 11) is 0. The predicted molar refractivity (Wildman–Crippen MR) is 95.1 cm³/mol. The normalized spacial score (nSPS) is 12.0. The van der Waals surface area contributed by atoms with Crippen LogP contribution in [-0.2, 0) is 11.2 Å². The number of nitro benzene ring substituents is 1. The smallest absolute Gasteiger partial charge is 0.271 e. The molecule has 5 nitrogen and oxygen atoms in total. The lowest BCUT2D eigenvalue weighted by Crippen LogP contribution is -2.19. The molecular weight excluding hydrogens is 323 g/mol. The van der Waals surface area contributed by atoms with Crippen LogP contribution in [0.1, 0.15) is 37.8 Å². The molecule has 0 aromatic heterocycles. The molecule has 0 bridgehead atoms. The van der Waals surface area contributed by atoms with E-state index in [1.807, 2.05) is 24.3 Å². The average Bonchev–Trinajstić information content (AvgIpc) is 2.56. The van der Waals surface area contributed by atoms with Crippen LogP contribution >= 0.6 is 0 Å². The van der Waals surface area contributed by atoms with E-state index in [2.05, 4.69) is 19.2 Å². The van der Waals surface area contributed by atoms with Crippen molar-refractivity contribution in [1.82, 2.24) is 0 Å². The van der Waals surface area contributed by atoms with Crippen LogP contribution in [0.2, 0.25) is 0 Å². The van der Waals surface area contributed by atoms with Crippen LogP contribution in [0.3, 0.4) is 0 Å². The first-order valence-corrected chi connectivity index (χ1v) is 8.11. The minimum absolute atomic E-state index is 0.192. The number of rotatable bonds is 6. The van der Waals surface area contributed by atoms with Crippen molar-refractivity contribution in [3.05, 3.63) is 69.5 Å². The lowest BCUT2D eigenvalue weighted by molar-refractivity contribution is -0.384. The van der Waals surface area contributed by atoms with Gasteiger partial charge in [0.05, 0.1) is 16.5 Å². The third-order valence-electron chi connectivity index (χ3n) is 3.94. The van der Waals surface area contributed by atoms with Gasteiger partial charge >= 0.3 is 0 Å². The van der Waals surface area contributed by atoms with Gasteiger partial charge < -0.3 is 5.32 Å². The van der Waals surface area contributed by atoms with E-state index in [9.17, 15) is 19.3 Å². The standard InChI is InChI=1S/C19H21FN2O3/c1-12(2)10-14-4-6-15(7-5-14)13(3)19(23)21-18-11-16(22(24)25)8-9-17(18)20/h4-9,11-13H,10H2,1-3H3,(H,21,23). The van der Waals surface area contributed by atoms with Crippen molar-refractivity contribution in [3.8, 4) is 0 Å². The SMILES string of the molecule is CC(C)Cc1ccc(C(C)C(=O)Nc2cc([N+](=O)[O-])ccc2F)cc1. The Balaban J connectivity index is 2.12. The average molecular weight is 344 g/mol. The fourth-order valence-corrected chi connectivity index (χ4v) is 2.53. The molecule has 1 unspecified atom stereocenters. The summed E-state index contributed by atoms with van der Waals surface area (Å²) in [6.45, 7) is 5.98. The Bertz CT molecular complexity index is 773. The van der Waals surface area contributed by atoms with Gasteiger partial charge in [-0.3, -0.25) is 14.9 Å². The van der Waals surface area contributed by atoms with Crippen LogP contribution in [0.4, 0.5) is 15.8 Å². The maximum atomic E-state index is 13.8. The zero-order valence-corrected chi connectivity index (χ0v) is 14.5. The second-order valence-electron chi connectivity index (χ2n) is 6.47. The first-order chi connectivity index (χ1) is 11.8. The highest BCUT2D eigenvalue weighted by molar-refractivity contribution is 5.95. The molecule has 1 amide bonds.